The van der Waals surface area contributed by atoms with Crippen LogP contribution >= 0.6 is 11.6 Å². The fourth-order valence-corrected chi connectivity index (χ4v) is 4.90. The van der Waals surface area contributed by atoms with Crippen molar-refractivity contribution in [3.63, 3.8) is 0 Å². The van der Waals surface area contributed by atoms with Gasteiger partial charge in [0.2, 0.25) is 5.95 Å². The second kappa shape index (κ2) is 10.6. The Kier molecular flexibility index (Phi) is 6.89. The van der Waals surface area contributed by atoms with Crippen molar-refractivity contribution < 1.29 is 13.2 Å². The molecule has 0 spiro atoms. The summed E-state index contributed by atoms with van der Waals surface area (Å²) < 4.78 is 44.9. The molecule has 0 aliphatic heterocycles. The molecule has 15 heteroatoms. The molecule has 0 atom stereocenters. The Balaban J connectivity index is 1.43. The van der Waals surface area contributed by atoms with Gasteiger partial charge in [0.1, 0.15) is 0 Å². The zero-order valence-corrected chi connectivity index (χ0v) is 22.8. The van der Waals surface area contributed by atoms with Crippen LogP contribution < -0.4 is 22.3 Å². The number of hydrogen-bond acceptors (Lipinski definition) is 7. The molecule has 2 N–H and O–H groups in total. The van der Waals surface area contributed by atoms with Gasteiger partial charge >= 0.3 is 11.4 Å². The zero-order valence-electron chi connectivity index (χ0n) is 22.1. The predicted molar refractivity (Wildman–Crippen MR) is 150 cm³/mol. The maximum Gasteiger partial charge on any atom is 0.355 e. The second-order valence-corrected chi connectivity index (χ2v) is 10.7. The first-order valence-electron chi connectivity index (χ1n) is 12.9. The van der Waals surface area contributed by atoms with Gasteiger partial charge in [-0.1, -0.05) is 17.7 Å². The Bertz CT molecular complexity index is 2120. The quantitative estimate of drug-likeness (QED) is 0.256. The number of nitrogens with one attached hydrogen (secondary N) is 2. The molecule has 1 fully saturated rings. The van der Waals surface area contributed by atoms with Crippen LogP contribution in [0.2, 0.25) is 5.02 Å². The van der Waals surface area contributed by atoms with E-state index in [0.717, 1.165) is 17.4 Å². The minimum absolute atomic E-state index is 0.0875. The molecule has 218 valence electrons. The fraction of sp³-hybridized carbons (Fsp3) is 0.214. The van der Waals surface area contributed by atoms with E-state index in [4.69, 9.17) is 11.6 Å². The topological polar surface area (TPSA) is 143 Å². The van der Waals surface area contributed by atoms with Crippen molar-refractivity contribution in [1.82, 2.24) is 28.9 Å². The molecular weight excluding hydrogens is 589 g/mol. The van der Waals surface area contributed by atoms with Gasteiger partial charge in [-0.3, -0.25) is 14.0 Å². The largest absolute Gasteiger partial charge is 0.355 e. The summed E-state index contributed by atoms with van der Waals surface area (Å²) >= 11 is 6.50. The summed E-state index contributed by atoms with van der Waals surface area (Å²) in [7, 11) is 0. The maximum atomic E-state index is 14.0. The smallest absolute Gasteiger partial charge is 0.329 e. The van der Waals surface area contributed by atoms with Gasteiger partial charge < -0.3 is 10.3 Å². The average molecular weight is 609 g/mol. The van der Waals surface area contributed by atoms with Crippen molar-refractivity contribution in [1.29, 1.82) is 5.26 Å². The number of halogens is 4. The Morgan fingerprint density at radius 2 is 1.81 bits per heavy atom. The minimum Gasteiger partial charge on any atom is -0.329 e. The van der Waals surface area contributed by atoms with Gasteiger partial charge in [0.15, 0.2) is 17.5 Å². The van der Waals surface area contributed by atoms with E-state index in [1.807, 2.05) is 0 Å². The number of aromatic amines is 1. The van der Waals surface area contributed by atoms with Crippen LogP contribution in [0.1, 0.15) is 24.0 Å². The Hall–Kier alpha value is -5.16. The van der Waals surface area contributed by atoms with Crippen molar-refractivity contribution >= 4 is 34.1 Å². The lowest BCUT2D eigenvalue weighted by atomic mass is 10.1. The highest BCUT2D eigenvalue weighted by molar-refractivity contribution is 6.34. The molecule has 11 nitrogen and oxygen atoms in total. The number of rotatable bonds is 8. The van der Waals surface area contributed by atoms with E-state index < -0.39 is 52.9 Å². The first kappa shape index (κ1) is 28.0. The summed E-state index contributed by atoms with van der Waals surface area (Å²) in [6.45, 7) is -0.558. The van der Waals surface area contributed by atoms with E-state index in [0.29, 0.717) is 34.1 Å². The number of anilines is 2. The van der Waals surface area contributed by atoms with Crippen LogP contribution in [0.5, 0.6) is 0 Å². The first-order chi connectivity index (χ1) is 20.6. The number of hydrogen-bond donors (Lipinski definition) is 2. The molecule has 0 bridgehead atoms. The van der Waals surface area contributed by atoms with Gasteiger partial charge in [-0.15, -0.1) is 0 Å². The molecule has 1 saturated carbocycles. The fourth-order valence-electron chi connectivity index (χ4n) is 4.70. The van der Waals surface area contributed by atoms with Crippen LogP contribution in [0.3, 0.4) is 0 Å². The average Bonchev–Trinajstić information content (AvgIpc) is 3.64. The summed E-state index contributed by atoms with van der Waals surface area (Å²) in [4.78, 5) is 45.3. The Labute approximate surface area is 244 Å². The van der Waals surface area contributed by atoms with Gasteiger partial charge in [-0.2, -0.15) is 15.3 Å². The second-order valence-electron chi connectivity index (χ2n) is 10.3. The molecule has 5 aromatic rings. The highest BCUT2D eigenvalue weighted by atomic mass is 35.5. The number of benzene rings is 2. The molecule has 1 aliphatic carbocycles. The SMILES string of the molecule is N#CC1(Cn2cc3cc(Nc4nc(=O)n(Cc5ccc[nH]c5=O)c(=O)n4Cc4cc(F)c(F)c(F)c4)c(Cl)cc3n2)CC1. The number of H-pyrrole nitrogens is 1. The molecule has 2 aromatic carbocycles. The predicted octanol–water partition coefficient (Wildman–Crippen LogP) is 3.66. The Morgan fingerprint density at radius 3 is 2.49 bits per heavy atom. The molecule has 3 aromatic heterocycles. The van der Waals surface area contributed by atoms with Gasteiger partial charge in [0.05, 0.1) is 47.3 Å². The maximum absolute atomic E-state index is 14.0. The van der Waals surface area contributed by atoms with Gasteiger partial charge in [0, 0.05) is 23.3 Å². The van der Waals surface area contributed by atoms with Crippen molar-refractivity contribution in [2.45, 2.75) is 32.5 Å². The summed E-state index contributed by atoms with van der Waals surface area (Å²) in [6.07, 6.45) is 4.67. The molecule has 0 unspecified atom stereocenters. The van der Waals surface area contributed by atoms with Crippen molar-refractivity contribution in [3.05, 3.63) is 114 Å². The molecular formula is C28H20ClF3N8O3. The monoisotopic (exact) mass is 608 g/mol. The number of aromatic nitrogens is 6. The number of nitriles is 1. The molecule has 6 rings (SSSR count). The van der Waals surface area contributed by atoms with Crippen molar-refractivity contribution in [2.75, 3.05) is 5.32 Å². The third kappa shape index (κ3) is 5.42. The molecule has 0 amide bonds. The lowest BCUT2D eigenvalue weighted by molar-refractivity contribution is 0.444. The van der Waals surface area contributed by atoms with Crippen molar-refractivity contribution in [2.24, 2.45) is 5.41 Å². The van der Waals surface area contributed by atoms with Gasteiger partial charge in [0.25, 0.3) is 5.56 Å². The van der Waals surface area contributed by atoms with Crippen LogP contribution in [0.4, 0.5) is 24.8 Å². The van der Waals surface area contributed by atoms with E-state index in [2.05, 4.69) is 26.5 Å². The molecule has 0 saturated heterocycles. The summed E-state index contributed by atoms with van der Waals surface area (Å²) in [6, 6.07) is 9.84. The third-order valence-corrected chi connectivity index (χ3v) is 7.52. The normalized spacial score (nSPS) is 13.7. The van der Waals surface area contributed by atoms with E-state index >= 15 is 0 Å². The van der Waals surface area contributed by atoms with E-state index in [1.54, 1.807) is 23.0 Å². The van der Waals surface area contributed by atoms with Gasteiger partial charge in [-0.25, -0.2) is 27.3 Å². The van der Waals surface area contributed by atoms with E-state index in [9.17, 15) is 32.8 Å². The van der Waals surface area contributed by atoms with E-state index in [1.165, 1.54) is 18.3 Å². The van der Waals surface area contributed by atoms with Crippen LogP contribution in [0.25, 0.3) is 10.9 Å². The highest BCUT2D eigenvalue weighted by Crippen LogP contribution is 2.46. The van der Waals surface area contributed by atoms with Gasteiger partial charge in [-0.05, 0) is 48.7 Å². The number of fused-ring (bicyclic) bond motifs is 1. The van der Waals surface area contributed by atoms with E-state index in [-0.39, 0.29) is 27.8 Å². The van der Waals surface area contributed by atoms with Crippen LogP contribution in [-0.4, -0.2) is 28.9 Å². The summed E-state index contributed by atoms with van der Waals surface area (Å²) in [5, 5.41) is 17.5. The molecule has 3 heterocycles. The Morgan fingerprint density at radius 1 is 1.07 bits per heavy atom. The summed E-state index contributed by atoms with van der Waals surface area (Å²) in [5.74, 6) is -4.94. The summed E-state index contributed by atoms with van der Waals surface area (Å²) in [5.41, 5.74) is -2.25. The molecule has 1 aliphatic rings. The lowest BCUT2D eigenvalue weighted by Gasteiger charge is -2.16. The zero-order chi connectivity index (χ0) is 30.5. The lowest BCUT2D eigenvalue weighted by Crippen LogP contribution is -2.43. The number of nitrogens with zero attached hydrogens (tertiary/aromatic N) is 6. The van der Waals surface area contributed by atoms with Crippen LogP contribution in [0, 0.1) is 34.2 Å². The van der Waals surface area contributed by atoms with Crippen LogP contribution in [0.15, 0.2) is 63.2 Å². The van der Waals surface area contributed by atoms with Crippen LogP contribution in [-0.2, 0) is 19.6 Å². The standard InChI is InChI=1S/C28H20ClF3N8O3/c29-18-9-21-17(11-38(37-21)14-28(13-33)3-4-28)8-22(18)35-25-36-26(42)40(12-16-2-1-5-34-24(16)41)27(43)39(25)10-15-6-19(30)23(32)20(31)7-15/h1-2,5-9,11H,3-4,10,12,14H2,(H,34,41)(H,35,36,42). The minimum atomic E-state index is -1.68. The number of pyridine rings is 1. The third-order valence-electron chi connectivity index (χ3n) is 7.20. The highest BCUT2D eigenvalue weighted by Gasteiger charge is 2.43. The van der Waals surface area contributed by atoms with Crippen molar-refractivity contribution in [3.8, 4) is 6.07 Å². The molecule has 43 heavy (non-hydrogen) atoms. The first-order valence-corrected chi connectivity index (χ1v) is 13.3. The molecule has 0 radical (unpaired) electrons.